The number of benzene rings is 1. The molecule has 1 aromatic rings. The first-order valence-corrected chi connectivity index (χ1v) is 6.75. The maximum atomic E-state index is 13.1. The van der Waals surface area contributed by atoms with E-state index < -0.39 is 17.8 Å². The average molecular weight is 288 g/mol. The molecule has 1 aliphatic heterocycles. The van der Waals surface area contributed by atoms with Gasteiger partial charge in [0.05, 0.1) is 11.7 Å². The molecular formula is C14H19F3N2O. The lowest BCUT2D eigenvalue weighted by molar-refractivity contribution is -0.138. The van der Waals surface area contributed by atoms with Crippen molar-refractivity contribution in [3.63, 3.8) is 0 Å². The minimum Gasteiger partial charge on any atom is -0.391 e. The van der Waals surface area contributed by atoms with E-state index in [0.717, 1.165) is 0 Å². The molecule has 0 aromatic heterocycles. The Morgan fingerprint density at radius 2 is 2.15 bits per heavy atom. The summed E-state index contributed by atoms with van der Waals surface area (Å²) in [5, 5.41) is 12.4. The van der Waals surface area contributed by atoms with Gasteiger partial charge in [-0.1, -0.05) is 13.0 Å². The summed E-state index contributed by atoms with van der Waals surface area (Å²) in [5.74, 6) is 0. The normalized spacial score (nSPS) is 19.6. The molecule has 2 rings (SSSR count). The third kappa shape index (κ3) is 3.43. The van der Waals surface area contributed by atoms with Crippen LogP contribution >= 0.6 is 0 Å². The van der Waals surface area contributed by atoms with Crippen molar-refractivity contribution < 1.29 is 18.3 Å². The minimum atomic E-state index is -4.36. The summed E-state index contributed by atoms with van der Waals surface area (Å²) in [7, 11) is 0. The van der Waals surface area contributed by atoms with Gasteiger partial charge in [-0.05, 0) is 30.7 Å². The van der Waals surface area contributed by atoms with E-state index in [9.17, 15) is 18.3 Å². The molecule has 0 bridgehead atoms. The quantitative estimate of drug-likeness (QED) is 0.893. The minimum absolute atomic E-state index is 0.203. The molecule has 0 aliphatic carbocycles. The number of alkyl halides is 3. The lowest BCUT2D eigenvalue weighted by Gasteiger charge is -2.21. The molecule has 1 saturated heterocycles. The van der Waals surface area contributed by atoms with Gasteiger partial charge in [0.2, 0.25) is 0 Å². The van der Waals surface area contributed by atoms with E-state index in [4.69, 9.17) is 0 Å². The van der Waals surface area contributed by atoms with Gasteiger partial charge in [0.25, 0.3) is 0 Å². The number of hydrogen-bond donors (Lipinski definition) is 2. The van der Waals surface area contributed by atoms with Crippen molar-refractivity contribution in [2.24, 2.45) is 0 Å². The topological polar surface area (TPSA) is 35.5 Å². The Hall–Kier alpha value is -1.27. The summed E-state index contributed by atoms with van der Waals surface area (Å²) in [5.41, 5.74) is 0.175. The second-order valence-corrected chi connectivity index (χ2v) is 5.01. The SMILES string of the molecule is CCNCc1ccc(N2CCC(O)C2)cc1C(F)(F)F. The zero-order valence-corrected chi connectivity index (χ0v) is 11.4. The standard InChI is InChI=1S/C14H19F3N2O/c1-2-18-8-10-3-4-11(7-13(10)14(15,16)17)19-6-5-12(20)9-19/h3-4,7,12,18,20H,2,5-6,8-9H2,1H3. The van der Waals surface area contributed by atoms with Gasteiger partial charge in [-0.15, -0.1) is 0 Å². The van der Waals surface area contributed by atoms with E-state index in [0.29, 0.717) is 31.7 Å². The summed E-state index contributed by atoms with van der Waals surface area (Å²) in [6.07, 6.45) is -4.22. The second kappa shape index (κ2) is 6.01. The van der Waals surface area contributed by atoms with E-state index >= 15 is 0 Å². The van der Waals surface area contributed by atoms with Crippen molar-refractivity contribution in [1.29, 1.82) is 0 Å². The van der Waals surface area contributed by atoms with Crippen LogP contribution in [0.15, 0.2) is 18.2 Å². The van der Waals surface area contributed by atoms with Crippen molar-refractivity contribution in [2.75, 3.05) is 24.5 Å². The molecule has 112 valence electrons. The summed E-state index contributed by atoms with van der Waals surface area (Å²) < 4.78 is 39.4. The van der Waals surface area contributed by atoms with Crippen LogP contribution in [0.2, 0.25) is 0 Å². The zero-order chi connectivity index (χ0) is 14.8. The molecule has 1 fully saturated rings. The van der Waals surface area contributed by atoms with Crippen LogP contribution in [0.4, 0.5) is 18.9 Å². The van der Waals surface area contributed by atoms with Gasteiger partial charge in [-0.2, -0.15) is 13.2 Å². The van der Waals surface area contributed by atoms with Crippen molar-refractivity contribution >= 4 is 5.69 Å². The van der Waals surface area contributed by atoms with Crippen LogP contribution < -0.4 is 10.2 Å². The summed E-state index contributed by atoms with van der Waals surface area (Å²) in [4.78, 5) is 1.79. The predicted molar refractivity (Wildman–Crippen MR) is 71.7 cm³/mol. The number of aliphatic hydroxyl groups excluding tert-OH is 1. The van der Waals surface area contributed by atoms with Gasteiger partial charge < -0.3 is 15.3 Å². The Kier molecular flexibility index (Phi) is 4.55. The van der Waals surface area contributed by atoms with Gasteiger partial charge in [0.15, 0.2) is 0 Å². The summed E-state index contributed by atoms with van der Waals surface area (Å²) >= 11 is 0. The van der Waals surface area contributed by atoms with E-state index in [2.05, 4.69) is 5.32 Å². The number of aliphatic hydroxyl groups is 1. The Morgan fingerprint density at radius 3 is 2.70 bits per heavy atom. The van der Waals surface area contributed by atoms with Crippen molar-refractivity contribution in [1.82, 2.24) is 5.32 Å². The molecule has 1 heterocycles. The molecule has 3 nitrogen and oxygen atoms in total. The Morgan fingerprint density at radius 1 is 1.40 bits per heavy atom. The average Bonchev–Trinajstić information content (AvgIpc) is 2.82. The molecule has 6 heteroatoms. The number of halogens is 3. The van der Waals surface area contributed by atoms with Gasteiger partial charge in [0, 0.05) is 25.3 Å². The fourth-order valence-corrected chi connectivity index (χ4v) is 2.42. The first-order valence-electron chi connectivity index (χ1n) is 6.75. The van der Waals surface area contributed by atoms with Crippen molar-refractivity contribution in [3.05, 3.63) is 29.3 Å². The number of anilines is 1. The molecule has 0 spiro atoms. The summed E-state index contributed by atoms with van der Waals surface area (Å²) in [6, 6.07) is 4.40. The molecule has 1 atom stereocenters. The van der Waals surface area contributed by atoms with E-state index in [1.165, 1.54) is 12.1 Å². The molecular weight excluding hydrogens is 269 g/mol. The first kappa shape index (κ1) is 15.1. The number of β-amino-alcohol motifs (C(OH)–C–C–N with tert-alkyl or cyclic N) is 1. The van der Waals surface area contributed by atoms with Crippen molar-refractivity contribution in [3.8, 4) is 0 Å². The number of nitrogens with zero attached hydrogens (tertiary/aromatic N) is 1. The zero-order valence-electron chi connectivity index (χ0n) is 11.4. The highest BCUT2D eigenvalue weighted by Crippen LogP contribution is 2.35. The molecule has 1 unspecified atom stereocenters. The van der Waals surface area contributed by atoms with Gasteiger partial charge in [0.1, 0.15) is 0 Å². The largest absolute Gasteiger partial charge is 0.416 e. The Balaban J connectivity index is 2.28. The second-order valence-electron chi connectivity index (χ2n) is 5.01. The molecule has 1 aliphatic rings. The molecule has 0 amide bonds. The highest BCUT2D eigenvalue weighted by molar-refractivity contribution is 5.52. The fourth-order valence-electron chi connectivity index (χ4n) is 2.42. The van der Waals surface area contributed by atoms with Crippen LogP contribution in [-0.2, 0) is 12.7 Å². The third-order valence-corrected chi connectivity index (χ3v) is 3.49. The van der Waals surface area contributed by atoms with Crippen LogP contribution in [0.25, 0.3) is 0 Å². The van der Waals surface area contributed by atoms with Gasteiger partial charge in [-0.3, -0.25) is 0 Å². The smallest absolute Gasteiger partial charge is 0.391 e. The molecule has 0 radical (unpaired) electrons. The lowest BCUT2D eigenvalue weighted by Crippen LogP contribution is -2.23. The molecule has 2 N–H and O–H groups in total. The van der Waals surface area contributed by atoms with Crippen LogP contribution in [0, 0.1) is 0 Å². The highest BCUT2D eigenvalue weighted by Gasteiger charge is 2.34. The van der Waals surface area contributed by atoms with E-state index in [1.54, 1.807) is 11.0 Å². The first-order chi connectivity index (χ1) is 9.41. The van der Waals surface area contributed by atoms with Crippen LogP contribution in [-0.4, -0.2) is 30.8 Å². The molecule has 0 saturated carbocycles. The van der Waals surface area contributed by atoms with Crippen LogP contribution in [0.5, 0.6) is 0 Å². The lowest BCUT2D eigenvalue weighted by atomic mass is 10.1. The number of nitrogens with one attached hydrogen (secondary N) is 1. The monoisotopic (exact) mass is 288 g/mol. The third-order valence-electron chi connectivity index (χ3n) is 3.49. The predicted octanol–water partition coefficient (Wildman–Crippen LogP) is 2.39. The van der Waals surface area contributed by atoms with E-state index in [-0.39, 0.29) is 12.1 Å². The maximum Gasteiger partial charge on any atom is 0.416 e. The Bertz CT molecular complexity index is 462. The van der Waals surface area contributed by atoms with Gasteiger partial charge >= 0.3 is 6.18 Å². The fraction of sp³-hybridized carbons (Fsp3) is 0.571. The van der Waals surface area contributed by atoms with Gasteiger partial charge in [-0.25, -0.2) is 0 Å². The summed E-state index contributed by atoms with van der Waals surface area (Å²) in [6.45, 7) is 3.66. The van der Waals surface area contributed by atoms with Crippen LogP contribution in [0.3, 0.4) is 0 Å². The number of hydrogen-bond acceptors (Lipinski definition) is 3. The molecule has 20 heavy (non-hydrogen) atoms. The van der Waals surface area contributed by atoms with Crippen molar-refractivity contribution in [2.45, 2.75) is 32.2 Å². The van der Waals surface area contributed by atoms with Crippen LogP contribution in [0.1, 0.15) is 24.5 Å². The maximum absolute atomic E-state index is 13.1. The molecule has 1 aromatic carbocycles. The van der Waals surface area contributed by atoms with E-state index in [1.807, 2.05) is 6.92 Å². The highest BCUT2D eigenvalue weighted by atomic mass is 19.4. The Labute approximate surface area is 116 Å². The number of rotatable bonds is 4.